The lowest BCUT2D eigenvalue weighted by atomic mass is 10.0. The highest BCUT2D eigenvalue weighted by molar-refractivity contribution is 6.10. The van der Waals surface area contributed by atoms with Crippen LogP contribution in [-0.4, -0.2) is 18.0 Å². The van der Waals surface area contributed by atoms with Gasteiger partial charge in [0.05, 0.1) is 12.7 Å². The largest absolute Gasteiger partial charge is 0.507 e. The SMILES string of the molecule is COc1[c]cc(C(=O)c2ccccc2)c(O)c1. The summed E-state index contributed by atoms with van der Waals surface area (Å²) in [6, 6.07) is 14.4. The number of methoxy groups -OCH3 is 1. The van der Waals surface area contributed by atoms with Crippen molar-refractivity contribution < 1.29 is 14.6 Å². The molecule has 85 valence electrons. The molecule has 1 radical (unpaired) electrons. The topological polar surface area (TPSA) is 46.5 Å². The normalized spacial score (nSPS) is 9.94. The number of aromatic hydroxyl groups is 1. The van der Waals surface area contributed by atoms with E-state index in [4.69, 9.17) is 4.74 Å². The fourth-order valence-corrected chi connectivity index (χ4v) is 1.51. The molecule has 0 fully saturated rings. The zero-order valence-electron chi connectivity index (χ0n) is 9.31. The van der Waals surface area contributed by atoms with Crippen molar-refractivity contribution in [3.63, 3.8) is 0 Å². The Hall–Kier alpha value is -2.29. The van der Waals surface area contributed by atoms with Gasteiger partial charge in [-0.1, -0.05) is 30.3 Å². The number of hydrogen-bond acceptors (Lipinski definition) is 3. The molecule has 17 heavy (non-hydrogen) atoms. The number of phenols is 1. The quantitative estimate of drug-likeness (QED) is 0.819. The maximum atomic E-state index is 12.0. The Balaban J connectivity index is 2.38. The summed E-state index contributed by atoms with van der Waals surface area (Å²) in [6.07, 6.45) is 0. The third-order valence-corrected chi connectivity index (χ3v) is 2.40. The lowest BCUT2D eigenvalue weighted by molar-refractivity contribution is 0.103. The molecule has 0 aliphatic carbocycles. The van der Waals surface area contributed by atoms with E-state index in [2.05, 4.69) is 6.07 Å². The molecule has 0 amide bonds. The number of carbonyl (C=O) groups excluding carboxylic acids is 1. The monoisotopic (exact) mass is 227 g/mol. The van der Waals surface area contributed by atoms with Crippen molar-refractivity contribution in [2.45, 2.75) is 0 Å². The summed E-state index contributed by atoms with van der Waals surface area (Å²) in [4.78, 5) is 12.0. The van der Waals surface area contributed by atoms with E-state index in [9.17, 15) is 9.90 Å². The van der Waals surface area contributed by atoms with Crippen LogP contribution in [0.1, 0.15) is 15.9 Å². The predicted molar refractivity (Wildman–Crippen MR) is 63.4 cm³/mol. The molecule has 0 aromatic heterocycles. The summed E-state index contributed by atoms with van der Waals surface area (Å²) in [6.45, 7) is 0. The van der Waals surface area contributed by atoms with Crippen LogP contribution in [0.2, 0.25) is 0 Å². The second-order valence-electron chi connectivity index (χ2n) is 3.50. The molecule has 2 aromatic carbocycles. The highest BCUT2D eigenvalue weighted by atomic mass is 16.5. The van der Waals surface area contributed by atoms with Gasteiger partial charge in [0, 0.05) is 17.7 Å². The first-order valence-corrected chi connectivity index (χ1v) is 5.11. The van der Waals surface area contributed by atoms with Crippen LogP contribution in [0.5, 0.6) is 11.5 Å². The molecule has 2 rings (SSSR count). The predicted octanol–water partition coefficient (Wildman–Crippen LogP) is 2.43. The molecule has 3 nitrogen and oxygen atoms in total. The fraction of sp³-hybridized carbons (Fsp3) is 0.0714. The van der Waals surface area contributed by atoms with Crippen molar-refractivity contribution in [1.29, 1.82) is 0 Å². The molecule has 0 atom stereocenters. The summed E-state index contributed by atoms with van der Waals surface area (Å²) < 4.78 is 4.91. The van der Waals surface area contributed by atoms with Crippen LogP contribution in [0.25, 0.3) is 0 Å². The van der Waals surface area contributed by atoms with Gasteiger partial charge in [0.2, 0.25) is 0 Å². The summed E-state index contributed by atoms with van der Waals surface area (Å²) in [5, 5.41) is 9.73. The number of carbonyl (C=O) groups is 1. The lowest BCUT2D eigenvalue weighted by Crippen LogP contribution is -2.01. The molecule has 0 aliphatic heterocycles. The van der Waals surface area contributed by atoms with Crippen molar-refractivity contribution in [2.75, 3.05) is 7.11 Å². The molecular formula is C14H11O3. The summed E-state index contributed by atoms with van der Waals surface area (Å²) in [5.74, 6) is 0.0589. The molecule has 1 N–H and O–H groups in total. The second-order valence-corrected chi connectivity index (χ2v) is 3.50. The van der Waals surface area contributed by atoms with Crippen LogP contribution >= 0.6 is 0 Å². The number of phenolic OH excluding ortho intramolecular Hbond substituents is 1. The summed E-state index contributed by atoms with van der Waals surface area (Å²) in [5.41, 5.74) is 0.748. The number of hydrogen-bond donors (Lipinski definition) is 1. The van der Waals surface area contributed by atoms with Gasteiger partial charge in [0.15, 0.2) is 5.78 Å². The molecule has 0 unspecified atom stereocenters. The first kappa shape index (κ1) is 11.2. The van der Waals surface area contributed by atoms with E-state index in [0.29, 0.717) is 11.3 Å². The Morgan fingerprint density at radius 1 is 1.29 bits per heavy atom. The van der Waals surface area contributed by atoms with E-state index in [1.165, 1.54) is 19.2 Å². The number of ketones is 1. The molecule has 0 heterocycles. The molecule has 0 saturated heterocycles. The molecule has 0 saturated carbocycles. The maximum absolute atomic E-state index is 12.0. The number of rotatable bonds is 3. The maximum Gasteiger partial charge on any atom is 0.196 e. The third-order valence-electron chi connectivity index (χ3n) is 2.40. The fourth-order valence-electron chi connectivity index (χ4n) is 1.51. The van der Waals surface area contributed by atoms with Gasteiger partial charge in [-0.05, 0) is 6.07 Å². The first-order valence-electron chi connectivity index (χ1n) is 5.11. The van der Waals surface area contributed by atoms with Gasteiger partial charge in [-0.3, -0.25) is 4.79 Å². The Morgan fingerprint density at radius 2 is 2.00 bits per heavy atom. The molecule has 0 spiro atoms. The zero-order chi connectivity index (χ0) is 12.3. The van der Waals surface area contributed by atoms with Crippen molar-refractivity contribution in [3.05, 3.63) is 59.7 Å². The van der Waals surface area contributed by atoms with Gasteiger partial charge in [-0.25, -0.2) is 0 Å². The van der Waals surface area contributed by atoms with Gasteiger partial charge in [-0.2, -0.15) is 0 Å². The highest BCUT2D eigenvalue weighted by Crippen LogP contribution is 2.24. The minimum Gasteiger partial charge on any atom is -0.507 e. The molecule has 2 aromatic rings. The van der Waals surface area contributed by atoms with Crippen molar-refractivity contribution in [2.24, 2.45) is 0 Å². The standard InChI is InChI=1S/C14H11O3/c1-17-11-7-8-12(13(15)9-11)14(16)10-5-3-2-4-6-10/h2-6,8-9,15H,1H3. The van der Waals surface area contributed by atoms with Crippen LogP contribution in [0.15, 0.2) is 42.5 Å². The van der Waals surface area contributed by atoms with Crippen LogP contribution in [0.4, 0.5) is 0 Å². The Labute approximate surface area is 99.3 Å². The minimum atomic E-state index is -0.234. The summed E-state index contributed by atoms with van der Waals surface area (Å²) >= 11 is 0. The van der Waals surface area contributed by atoms with Gasteiger partial charge in [0.25, 0.3) is 0 Å². The number of ether oxygens (including phenoxy) is 1. The number of benzene rings is 2. The minimum absolute atomic E-state index is 0.102. The van der Waals surface area contributed by atoms with Crippen LogP contribution in [0.3, 0.4) is 0 Å². The van der Waals surface area contributed by atoms with Gasteiger partial charge in [-0.15, -0.1) is 0 Å². The van der Waals surface area contributed by atoms with Crippen molar-refractivity contribution in [3.8, 4) is 11.5 Å². The van der Waals surface area contributed by atoms with Crippen molar-refractivity contribution in [1.82, 2.24) is 0 Å². The Kier molecular flexibility index (Phi) is 3.10. The zero-order valence-corrected chi connectivity index (χ0v) is 9.31. The van der Waals surface area contributed by atoms with E-state index in [-0.39, 0.29) is 17.1 Å². The lowest BCUT2D eigenvalue weighted by Gasteiger charge is -2.05. The second kappa shape index (κ2) is 4.70. The molecule has 3 heteroatoms. The van der Waals surface area contributed by atoms with E-state index >= 15 is 0 Å². The van der Waals surface area contributed by atoms with E-state index in [0.717, 1.165) is 0 Å². The van der Waals surface area contributed by atoms with E-state index < -0.39 is 0 Å². The van der Waals surface area contributed by atoms with E-state index in [1.807, 2.05) is 6.07 Å². The highest BCUT2D eigenvalue weighted by Gasteiger charge is 2.13. The van der Waals surface area contributed by atoms with Crippen LogP contribution in [-0.2, 0) is 0 Å². The Morgan fingerprint density at radius 3 is 2.59 bits per heavy atom. The van der Waals surface area contributed by atoms with E-state index in [1.54, 1.807) is 24.3 Å². The summed E-state index contributed by atoms with van der Waals surface area (Å²) in [7, 11) is 1.48. The molecular weight excluding hydrogens is 216 g/mol. The molecule has 0 bridgehead atoms. The van der Waals surface area contributed by atoms with Gasteiger partial charge in [0.1, 0.15) is 11.5 Å². The first-order chi connectivity index (χ1) is 8.22. The third kappa shape index (κ3) is 2.28. The average molecular weight is 227 g/mol. The van der Waals surface area contributed by atoms with Crippen LogP contribution in [0, 0.1) is 6.07 Å². The van der Waals surface area contributed by atoms with Gasteiger partial charge < -0.3 is 9.84 Å². The Bertz CT molecular complexity index is 532. The smallest absolute Gasteiger partial charge is 0.196 e. The average Bonchev–Trinajstić information content (AvgIpc) is 2.39. The van der Waals surface area contributed by atoms with Crippen molar-refractivity contribution >= 4 is 5.78 Å². The van der Waals surface area contributed by atoms with Gasteiger partial charge >= 0.3 is 0 Å². The molecule has 0 aliphatic rings. The van der Waals surface area contributed by atoms with Crippen LogP contribution < -0.4 is 4.74 Å².